The largest absolute Gasteiger partial charge is 0.288 e. The van der Waals surface area contributed by atoms with Crippen molar-refractivity contribution in [2.45, 2.75) is 0 Å². The predicted molar refractivity (Wildman–Crippen MR) is 43.6 cm³/mol. The summed E-state index contributed by atoms with van der Waals surface area (Å²) in [5.74, 6) is -1.46. The topological polar surface area (TPSA) is 42.3 Å². The smallest absolute Gasteiger partial charge is 0.266 e. The number of hydrogen-bond donors (Lipinski definition) is 0. The van der Waals surface area contributed by atoms with Crippen LogP contribution in [0.5, 0.6) is 0 Å². The Morgan fingerprint density at radius 3 is 3.08 bits per heavy atom. The summed E-state index contributed by atoms with van der Waals surface area (Å²) in [7, 11) is 0. The Labute approximate surface area is 73.0 Å². The van der Waals surface area contributed by atoms with E-state index in [-0.39, 0.29) is 5.56 Å². The first-order valence-corrected chi connectivity index (χ1v) is 3.38. The molecule has 0 aliphatic rings. The van der Waals surface area contributed by atoms with Crippen molar-refractivity contribution >= 4 is 23.3 Å². The van der Waals surface area contributed by atoms with Gasteiger partial charge in [-0.05, 0) is 18.3 Å². The van der Waals surface area contributed by atoms with Crippen LogP contribution >= 0.6 is 12.2 Å². The normalized spacial score (nSPS) is 8.75. The van der Waals surface area contributed by atoms with Gasteiger partial charge in [0.2, 0.25) is 0 Å². The highest BCUT2D eigenvalue weighted by molar-refractivity contribution is 7.78. The summed E-state index contributed by atoms with van der Waals surface area (Å²) in [5, 5.41) is 1.86. The van der Waals surface area contributed by atoms with Gasteiger partial charge in [0.25, 0.3) is 5.91 Å². The van der Waals surface area contributed by atoms with Crippen molar-refractivity contribution in [1.29, 1.82) is 0 Å². The molecule has 0 spiro atoms. The molecule has 0 atom stereocenters. The average Bonchev–Trinajstić information content (AvgIpc) is 2.05. The van der Waals surface area contributed by atoms with Crippen molar-refractivity contribution in [3.05, 3.63) is 29.8 Å². The number of isothiocyanates is 1. The van der Waals surface area contributed by atoms with Gasteiger partial charge < -0.3 is 0 Å². The molecule has 0 aliphatic carbocycles. The van der Waals surface area contributed by atoms with Gasteiger partial charge in [-0.2, -0.15) is 4.99 Å². The van der Waals surface area contributed by atoms with Gasteiger partial charge in [-0.25, -0.2) is 4.39 Å². The third-order valence-electron chi connectivity index (χ3n) is 1.15. The molecule has 1 aromatic rings. The Morgan fingerprint density at radius 2 is 2.50 bits per heavy atom. The number of hydrogen-bond acceptors (Lipinski definition) is 3. The zero-order valence-electron chi connectivity index (χ0n) is 5.82. The van der Waals surface area contributed by atoms with E-state index in [4.69, 9.17) is 0 Å². The van der Waals surface area contributed by atoms with E-state index in [0.717, 1.165) is 6.20 Å². The number of thiocarbonyl (C=S) groups is 1. The number of aromatic nitrogens is 1. The van der Waals surface area contributed by atoms with Crippen molar-refractivity contribution in [2.24, 2.45) is 4.99 Å². The van der Waals surface area contributed by atoms with Gasteiger partial charge >= 0.3 is 0 Å². The second-order valence-corrected chi connectivity index (χ2v) is 2.05. The molecule has 0 aliphatic heterocycles. The van der Waals surface area contributed by atoms with Crippen LogP contribution in [0, 0.1) is 5.82 Å². The van der Waals surface area contributed by atoms with Crippen LogP contribution in [0.3, 0.4) is 0 Å². The number of carbonyl (C=O) groups excluding carboxylic acids is 1. The molecular formula is C7H3FN2OS. The summed E-state index contributed by atoms with van der Waals surface area (Å²) in [6.07, 6.45) is 2.24. The summed E-state index contributed by atoms with van der Waals surface area (Å²) in [6, 6.07) is 1.23. The second-order valence-electron chi connectivity index (χ2n) is 1.86. The fourth-order valence-electron chi connectivity index (χ4n) is 0.650. The van der Waals surface area contributed by atoms with E-state index < -0.39 is 11.7 Å². The van der Waals surface area contributed by atoms with E-state index in [1.165, 1.54) is 12.3 Å². The molecule has 1 heterocycles. The lowest BCUT2D eigenvalue weighted by Gasteiger charge is -1.93. The van der Waals surface area contributed by atoms with Crippen LogP contribution in [-0.2, 0) is 0 Å². The van der Waals surface area contributed by atoms with Crippen LogP contribution in [0.25, 0.3) is 0 Å². The lowest BCUT2D eigenvalue weighted by molar-refractivity contribution is 0.1000. The third-order valence-corrected chi connectivity index (χ3v) is 1.24. The van der Waals surface area contributed by atoms with Crippen LogP contribution in [0.1, 0.15) is 10.4 Å². The maximum absolute atomic E-state index is 12.8. The molecule has 0 N–H and O–H groups in total. The minimum absolute atomic E-state index is 0.151. The fourth-order valence-corrected chi connectivity index (χ4v) is 0.733. The highest BCUT2D eigenvalue weighted by Crippen LogP contribution is 2.05. The number of halogens is 1. The average molecular weight is 182 g/mol. The Bertz CT molecular complexity index is 360. The maximum Gasteiger partial charge on any atom is 0.288 e. The molecule has 60 valence electrons. The van der Waals surface area contributed by atoms with Crippen LogP contribution in [0.2, 0.25) is 0 Å². The molecule has 1 aromatic heterocycles. The van der Waals surface area contributed by atoms with Crippen molar-refractivity contribution in [3.8, 4) is 0 Å². The quantitative estimate of drug-likeness (QED) is 0.487. The SMILES string of the molecule is O=C(N=C=S)c1ccncc1F. The van der Waals surface area contributed by atoms with Gasteiger partial charge in [0.05, 0.1) is 16.9 Å². The summed E-state index contributed by atoms with van der Waals surface area (Å²) >= 11 is 4.20. The van der Waals surface area contributed by atoms with E-state index in [2.05, 4.69) is 22.2 Å². The highest BCUT2D eigenvalue weighted by Gasteiger charge is 2.08. The highest BCUT2D eigenvalue weighted by atomic mass is 32.1. The summed E-state index contributed by atoms with van der Waals surface area (Å²) in [5.41, 5.74) is -0.151. The molecule has 0 saturated heterocycles. The van der Waals surface area contributed by atoms with Gasteiger partial charge in [0.15, 0.2) is 5.82 Å². The number of pyridine rings is 1. The molecule has 0 bridgehead atoms. The van der Waals surface area contributed by atoms with E-state index in [9.17, 15) is 9.18 Å². The van der Waals surface area contributed by atoms with E-state index in [1.54, 1.807) is 0 Å². The molecular weight excluding hydrogens is 179 g/mol. The lowest BCUT2D eigenvalue weighted by Crippen LogP contribution is -1.98. The van der Waals surface area contributed by atoms with E-state index in [0.29, 0.717) is 0 Å². The van der Waals surface area contributed by atoms with Crippen LogP contribution in [0.4, 0.5) is 4.39 Å². The van der Waals surface area contributed by atoms with Gasteiger partial charge in [0.1, 0.15) is 0 Å². The lowest BCUT2D eigenvalue weighted by atomic mass is 10.2. The van der Waals surface area contributed by atoms with Crippen molar-refractivity contribution in [1.82, 2.24) is 4.98 Å². The summed E-state index contributed by atoms with van der Waals surface area (Å²) in [6.45, 7) is 0. The van der Waals surface area contributed by atoms with Crippen LogP contribution < -0.4 is 0 Å². The van der Waals surface area contributed by atoms with Crippen molar-refractivity contribution in [3.63, 3.8) is 0 Å². The molecule has 0 aromatic carbocycles. The Hall–Kier alpha value is -1.45. The number of carbonyl (C=O) groups is 1. The number of amides is 1. The van der Waals surface area contributed by atoms with Crippen LogP contribution in [0.15, 0.2) is 23.5 Å². The summed E-state index contributed by atoms with van der Waals surface area (Å²) < 4.78 is 12.8. The number of rotatable bonds is 1. The molecule has 5 heteroatoms. The number of aliphatic imine (C=N–C) groups is 1. The van der Waals surface area contributed by atoms with E-state index >= 15 is 0 Å². The van der Waals surface area contributed by atoms with Crippen LogP contribution in [-0.4, -0.2) is 16.1 Å². The van der Waals surface area contributed by atoms with E-state index in [1.807, 2.05) is 5.16 Å². The van der Waals surface area contributed by atoms with Gasteiger partial charge in [-0.3, -0.25) is 9.78 Å². The monoisotopic (exact) mass is 182 g/mol. The number of nitrogens with zero attached hydrogens (tertiary/aromatic N) is 2. The minimum atomic E-state index is -0.745. The zero-order valence-corrected chi connectivity index (χ0v) is 6.64. The summed E-state index contributed by atoms with van der Waals surface area (Å²) in [4.78, 5) is 17.5. The second kappa shape index (κ2) is 3.80. The first-order chi connectivity index (χ1) is 5.75. The molecule has 1 rings (SSSR count). The first-order valence-electron chi connectivity index (χ1n) is 2.97. The van der Waals surface area contributed by atoms with Gasteiger partial charge in [-0.15, -0.1) is 0 Å². The van der Waals surface area contributed by atoms with Crippen molar-refractivity contribution in [2.75, 3.05) is 0 Å². The third kappa shape index (κ3) is 1.78. The molecule has 3 nitrogen and oxygen atoms in total. The molecule has 0 fully saturated rings. The van der Waals surface area contributed by atoms with Gasteiger partial charge in [0, 0.05) is 6.20 Å². The molecule has 0 unspecified atom stereocenters. The maximum atomic E-state index is 12.8. The Kier molecular flexibility index (Phi) is 2.74. The minimum Gasteiger partial charge on any atom is -0.266 e. The molecule has 1 amide bonds. The molecule has 12 heavy (non-hydrogen) atoms. The standard InChI is InChI=1S/C7H3FN2OS/c8-6-3-9-2-1-5(6)7(11)10-4-12/h1-3H. The first kappa shape index (κ1) is 8.64. The molecule has 0 saturated carbocycles. The fraction of sp³-hybridized carbons (Fsp3) is 0. The zero-order chi connectivity index (χ0) is 8.97. The Morgan fingerprint density at radius 1 is 1.75 bits per heavy atom. The predicted octanol–water partition coefficient (Wildman–Crippen LogP) is 1.46. The van der Waals surface area contributed by atoms with Crippen molar-refractivity contribution < 1.29 is 9.18 Å². The molecule has 0 radical (unpaired) electrons. The Balaban J connectivity index is 3.11. The van der Waals surface area contributed by atoms with Gasteiger partial charge in [-0.1, -0.05) is 0 Å².